The molecule has 0 N–H and O–H groups in total. The number of hydrogen-bond acceptors (Lipinski definition) is 7. The van der Waals surface area contributed by atoms with E-state index >= 15 is 0 Å². The van der Waals surface area contributed by atoms with Crippen molar-refractivity contribution in [3.63, 3.8) is 0 Å². The van der Waals surface area contributed by atoms with Crippen molar-refractivity contribution in [3.05, 3.63) is 57.0 Å². The van der Waals surface area contributed by atoms with Crippen molar-refractivity contribution in [2.24, 2.45) is 0 Å². The molecule has 5 rings (SSSR count). The fourth-order valence-electron chi connectivity index (χ4n) is 4.11. The maximum atomic E-state index is 13.8. The molecule has 3 heterocycles. The lowest BCUT2D eigenvalue weighted by atomic mass is 10.1. The normalized spacial score (nSPS) is 14.0. The Morgan fingerprint density at radius 1 is 1.13 bits per heavy atom. The second kappa shape index (κ2) is 8.92. The number of aryl methyl sites for hydroxylation is 3. The predicted molar refractivity (Wildman–Crippen MR) is 124 cm³/mol. The maximum absolute atomic E-state index is 13.8. The van der Waals surface area contributed by atoms with Gasteiger partial charge in [-0.25, -0.2) is 9.67 Å². The first-order chi connectivity index (χ1) is 15.3. The van der Waals surface area contributed by atoms with Crippen molar-refractivity contribution in [3.8, 4) is 5.69 Å². The third-order valence-electron chi connectivity index (χ3n) is 5.59. The third-order valence-corrected chi connectivity index (χ3v) is 7.71. The molecule has 160 valence electrons. The summed E-state index contributed by atoms with van der Waals surface area (Å²) in [7, 11) is 0. The third kappa shape index (κ3) is 3.92. The van der Waals surface area contributed by atoms with Gasteiger partial charge >= 0.3 is 0 Å². The van der Waals surface area contributed by atoms with Gasteiger partial charge in [-0.3, -0.25) is 9.36 Å². The van der Waals surface area contributed by atoms with E-state index in [0.29, 0.717) is 10.9 Å². The summed E-state index contributed by atoms with van der Waals surface area (Å²) < 4.78 is 3.59. The molecule has 9 heteroatoms. The van der Waals surface area contributed by atoms with Crippen LogP contribution in [0.3, 0.4) is 0 Å². The zero-order valence-corrected chi connectivity index (χ0v) is 19.1. The van der Waals surface area contributed by atoms with Crippen molar-refractivity contribution >= 4 is 33.3 Å². The first-order valence-electron chi connectivity index (χ1n) is 10.8. The zero-order chi connectivity index (χ0) is 21.2. The first kappa shape index (κ1) is 20.4. The van der Waals surface area contributed by atoms with E-state index in [-0.39, 0.29) is 5.56 Å². The van der Waals surface area contributed by atoms with E-state index in [9.17, 15) is 4.79 Å². The molecule has 31 heavy (non-hydrogen) atoms. The number of rotatable bonds is 6. The molecular formula is C22H24N6OS2. The molecule has 0 aliphatic heterocycles. The lowest BCUT2D eigenvalue weighted by Gasteiger charge is -2.12. The van der Waals surface area contributed by atoms with E-state index in [0.717, 1.165) is 54.0 Å². The molecule has 0 saturated heterocycles. The van der Waals surface area contributed by atoms with Gasteiger partial charge in [0, 0.05) is 11.4 Å². The average Bonchev–Trinajstić information content (AvgIpc) is 3.30. The van der Waals surface area contributed by atoms with Crippen LogP contribution in [0.5, 0.6) is 0 Å². The summed E-state index contributed by atoms with van der Waals surface area (Å²) >= 11 is 3.21. The Hall–Kier alpha value is -2.52. The molecule has 3 aromatic heterocycles. The van der Waals surface area contributed by atoms with E-state index in [4.69, 9.17) is 4.98 Å². The van der Waals surface area contributed by atoms with Gasteiger partial charge in [-0.2, -0.15) is 0 Å². The van der Waals surface area contributed by atoms with Gasteiger partial charge in [0.05, 0.1) is 16.8 Å². The van der Waals surface area contributed by atoms with E-state index < -0.39 is 0 Å². The molecule has 1 aliphatic rings. The van der Waals surface area contributed by atoms with E-state index in [1.807, 2.05) is 35.0 Å². The van der Waals surface area contributed by atoms with Crippen molar-refractivity contribution in [2.45, 2.75) is 62.9 Å². The van der Waals surface area contributed by atoms with E-state index in [2.05, 4.69) is 22.4 Å². The van der Waals surface area contributed by atoms with Crippen LogP contribution in [0.25, 0.3) is 15.9 Å². The van der Waals surface area contributed by atoms with Crippen LogP contribution < -0.4 is 5.56 Å². The molecule has 0 unspecified atom stereocenters. The van der Waals surface area contributed by atoms with E-state index in [1.165, 1.54) is 35.0 Å². The highest BCUT2D eigenvalue weighted by Crippen LogP contribution is 2.35. The molecule has 0 saturated carbocycles. The number of aromatic nitrogens is 6. The van der Waals surface area contributed by atoms with Gasteiger partial charge in [0.2, 0.25) is 0 Å². The number of benzene rings is 1. The molecule has 0 fully saturated rings. The van der Waals surface area contributed by atoms with Crippen LogP contribution in [0, 0.1) is 0 Å². The van der Waals surface area contributed by atoms with Crippen LogP contribution in [0.4, 0.5) is 0 Å². The number of thiophene rings is 1. The Bertz CT molecular complexity index is 1260. The van der Waals surface area contributed by atoms with Crippen LogP contribution in [-0.4, -0.2) is 29.8 Å². The van der Waals surface area contributed by atoms with E-state index in [1.54, 1.807) is 15.9 Å². The minimum absolute atomic E-state index is 0.0336. The van der Waals surface area contributed by atoms with Crippen LogP contribution in [0.2, 0.25) is 0 Å². The Kier molecular flexibility index (Phi) is 5.87. The monoisotopic (exact) mass is 452 g/mol. The molecule has 4 aromatic rings. The fourth-order valence-corrected chi connectivity index (χ4v) is 6.35. The van der Waals surface area contributed by atoms with Gasteiger partial charge in [0.15, 0.2) is 11.0 Å². The number of para-hydroxylation sites is 1. The predicted octanol–water partition coefficient (Wildman–Crippen LogP) is 4.40. The van der Waals surface area contributed by atoms with Crippen molar-refractivity contribution in [2.75, 3.05) is 0 Å². The van der Waals surface area contributed by atoms with Gasteiger partial charge in [-0.1, -0.05) is 43.3 Å². The van der Waals surface area contributed by atoms with Crippen molar-refractivity contribution in [1.29, 1.82) is 0 Å². The van der Waals surface area contributed by atoms with Gasteiger partial charge < -0.3 is 0 Å². The summed E-state index contributed by atoms with van der Waals surface area (Å²) in [5, 5.41) is 13.6. The molecule has 0 radical (unpaired) electrons. The largest absolute Gasteiger partial charge is 0.268 e. The Balaban J connectivity index is 1.62. The summed E-state index contributed by atoms with van der Waals surface area (Å²) in [5.41, 5.74) is 2.10. The summed E-state index contributed by atoms with van der Waals surface area (Å²) in [4.78, 5) is 21.0. The number of hydrogen-bond donors (Lipinski definition) is 0. The second-order valence-electron chi connectivity index (χ2n) is 7.72. The van der Waals surface area contributed by atoms with Crippen LogP contribution in [0.1, 0.15) is 48.9 Å². The second-order valence-corrected chi connectivity index (χ2v) is 9.75. The van der Waals surface area contributed by atoms with Crippen molar-refractivity contribution < 1.29 is 0 Å². The number of nitrogens with zero attached hydrogens (tertiary/aromatic N) is 6. The quantitative estimate of drug-likeness (QED) is 0.245. The summed E-state index contributed by atoms with van der Waals surface area (Å²) in [6.07, 6.45) is 6.54. The van der Waals surface area contributed by atoms with Crippen LogP contribution >= 0.6 is 23.1 Å². The molecule has 7 nitrogen and oxygen atoms in total. The summed E-state index contributed by atoms with van der Waals surface area (Å²) in [5.74, 6) is 1.35. The number of tetrazole rings is 1. The number of thioether (sulfide) groups is 1. The van der Waals surface area contributed by atoms with Gasteiger partial charge in [-0.05, 0) is 60.2 Å². The van der Waals surface area contributed by atoms with Crippen LogP contribution in [0.15, 0.2) is 40.3 Å². The fraction of sp³-hybridized carbons (Fsp3) is 0.409. The Morgan fingerprint density at radius 2 is 1.97 bits per heavy atom. The summed E-state index contributed by atoms with van der Waals surface area (Å²) in [6.45, 7) is 2.88. The molecular weight excluding hydrogens is 428 g/mol. The topological polar surface area (TPSA) is 78.5 Å². The lowest BCUT2D eigenvalue weighted by molar-refractivity contribution is 0.564. The Labute approximate surface area is 188 Å². The van der Waals surface area contributed by atoms with Gasteiger partial charge in [0.25, 0.3) is 5.56 Å². The van der Waals surface area contributed by atoms with Crippen molar-refractivity contribution in [1.82, 2.24) is 29.8 Å². The highest BCUT2D eigenvalue weighted by atomic mass is 32.2. The lowest BCUT2D eigenvalue weighted by Crippen LogP contribution is -2.22. The standard InChI is InChI=1S/C22H24N6OS2/c1-2-13-27-18(24-25-26-27)14-30-22-23-20-19(16-11-7-4-8-12-17(16)31-20)21(29)28(22)15-9-5-3-6-10-15/h3,5-6,9-10H,2,4,7-8,11-14H2,1H3. The molecule has 0 atom stereocenters. The Morgan fingerprint density at radius 3 is 2.81 bits per heavy atom. The smallest absolute Gasteiger partial charge is 0.267 e. The minimum Gasteiger partial charge on any atom is -0.268 e. The zero-order valence-electron chi connectivity index (χ0n) is 17.5. The molecule has 0 amide bonds. The molecule has 0 bridgehead atoms. The first-order valence-corrected chi connectivity index (χ1v) is 12.6. The average molecular weight is 453 g/mol. The van der Waals surface area contributed by atoms with Crippen LogP contribution in [-0.2, 0) is 25.1 Å². The SMILES string of the molecule is CCCn1nnnc1CSc1nc2sc3c(c2c(=O)n1-c1ccccc1)CCCCC3. The highest BCUT2D eigenvalue weighted by Gasteiger charge is 2.22. The maximum Gasteiger partial charge on any atom is 0.267 e. The number of fused-ring (bicyclic) bond motifs is 3. The highest BCUT2D eigenvalue weighted by molar-refractivity contribution is 7.98. The van der Waals surface area contributed by atoms with Gasteiger partial charge in [0.1, 0.15) is 4.83 Å². The van der Waals surface area contributed by atoms with Gasteiger partial charge in [-0.15, -0.1) is 16.4 Å². The molecule has 1 aromatic carbocycles. The molecule has 1 aliphatic carbocycles. The molecule has 0 spiro atoms. The summed E-state index contributed by atoms with van der Waals surface area (Å²) in [6, 6.07) is 9.80. The minimum atomic E-state index is 0.0336.